The molecule has 1 saturated carbocycles. The van der Waals surface area contributed by atoms with Gasteiger partial charge in [0.15, 0.2) is 0 Å². The van der Waals surface area contributed by atoms with Crippen LogP contribution in [-0.4, -0.2) is 6.04 Å². The first-order chi connectivity index (χ1) is 9.47. The Kier molecular flexibility index (Phi) is 3.91. The van der Waals surface area contributed by atoms with Crippen LogP contribution in [0.1, 0.15) is 17.9 Å². The Hall–Kier alpha value is -0.440. The van der Waals surface area contributed by atoms with E-state index in [2.05, 4.69) is 0 Å². The Morgan fingerprint density at radius 1 is 0.800 bits per heavy atom. The minimum atomic E-state index is 0.167. The zero-order chi connectivity index (χ0) is 14.4. The molecule has 2 N–H and O–H groups in total. The summed E-state index contributed by atoms with van der Waals surface area (Å²) in [6.07, 6.45) is 0.936. The van der Waals surface area contributed by atoms with Gasteiger partial charge in [0.2, 0.25) is 0 Å². The average molecular weight is 347 g/mol. The van der Waals surface area contributed by atoms with Crippen molar-refractivity contribution in [3.8, 4) is 11.1 Å². The Bertz CT molecular complexity index is 661. The van der Waals surface area contributed by atoms with Crippen LogP contribution in [0.4, 0.5) is 0 Å². The maximum absolute atomic E-state index is 6.36. The van der Waals surface area contributed by atoms with Gasteiger partial charge in [0, 0.05) is 22.0 Å². The molecule has 0 aliphatic heterocycles. The lowest BCUT2D eigenvalue weighted by Gasteiger charge is -2.10. The second-order valence-electron chi connectivity index (χ2n) is 4.99. The standard InChI is InChI=1S/C15H11Cl4N/c16-10-2-1-7(3-11(10)17)8-4-12(18)15(13(19)5-8)9-6-14(9)20/h1-5,9,14H,6,20H2. The third kappa shape index (κ3) is 2.66. The number of halogens is 4. The second kappa shape index (κ2) is 5.40. The third-order valence-corrected chi connectivity index (χ3v) is 4.91. The summed E-state index contributed by atoms with van der Waals surface area (Å²) >= 11 is 24.7. The molecule has 1 nitrogen and oxygen atoms in total. The van der Waals surface area contributed by atoms with Crippen molar-refractivity contribution >= 4 is 46.4 Å². The lowest BCUT2D eigenvalue weighted by Crippen LogP contribution is -2.02. The van der Waals surface area contributed by atoms with Crippen molar-refractivity contribution in [2.75, 3.05) is 0 Å². The summed E-state index contributed by atoms with van der Waals surface area (Å²) in [5, 5.41) is 2.32. The molecule has 0 radical (unpaired) electrons. The Morgan fingerprint density at radius 2 is 1.35 bits per heavy atom. The fraction of sp³-hybridized carbons (Fsp3) is 0.200. The normalized spacial score (nSPS) is 21.1. The van der Waals surface area contributed by atoms with E-state index in [1.165, 1.54) is 0 Å². The van der Waals surface area contributed by atoms with Gasteiger partial charge in [-0.3, -0.25) is 0 Å². The highest BCUT2D eigenvalue weighted by atomic mass is 35.5. The number of rotatable bonds is 2. The minimum Gasteiger partial charge on any atom is -0.327 e. The van der Waals surface area contributed by atoms with Gasteiger partial charge in [0.05, 0.1) is 10.0 Å². The van der Waals surface area contributed by atoms with Gasteiger partial charge in [-0.05, 0) is 47.4 Å². The molecule has 2 atom stereocenters. The number of hydrogen-bond donors (Lipinski definition) is 1. The van der Waals surface area contributed by atoms with E-state index >= 15 is 0 Å². The highest BCUT2D eigenvalue weighted by Crippen LogP contribution is 2.47. The van der Waals surface area contributed by atoms with Crippen LogP contribution in [0.2, 0.25) is 20.1 Å². The molecule has 2 aromatic rings. The maximum atomic E-state index is 6.36. The van der Waals surface area contributed by atoms with Crippen LogP contribution in [0.15, 0.2) is 30.3 Å². The SMILES string of the molecule is NC1CC1c1c(Cl)cc(-c2ccc(Cl)c(Cl)c2)cc1Cl. The van der Waals surface area contributed by atoms with Crippen molar-refractivity contribution < 1.29 is 0 Å². The lowest BCUT2D eigenvalue weighted by molar-refractivity contribution is 0.991. The summed E-state index contributed by atoms with van der Waals surface area (Å²) in [5.41, 5.74) is 8.66. The van der Waals surface area contributed by atoms with Gasteiger partial charge < -0.3 is 5.73 Å². The first-order valence-electron chi connectivity index (χ1n) is 6.17. The van der Waals surface area contributed by atoms with Crippen molar-refractivity contribution in [2.45, 2.75) is 18.4 Å². The van der Waals surface area contributed by atoms with E-state index in [-0.39, 0.29) is 12.0 Å². The van der Waals surface area contributed by atoms with Crippen molar-refractivity contribution in [1.82, 2.24) is 0 Å². The molecule has 2 unspecified atom stereocenters. The number of hydrogen-bond acceptors (Lipinski definition) is 1. The van der Waals surface area contributed by atoms with Gasteiger partial charge in [-0.15, -0.1) is 0 Å². The molecule has 0 bridgehead atoms. The topological polar surface area (TPSA) is 26.0 Å². The van der Waals surface area contributed by atoms with Crippen LogP contribution in [0.5, 0.6) is 0 Å². The molecule has 0 aromatic heterocycles. The van der Waals surface area contributed by atoms with E-state index in [9.17, 15) is 0 Å². The Morgan fingerprint density at radius 3 is 1.85 bits per heavy atom. The Balaban J connectivity index is 2.05. The predicted molar refractivity (Wildman–Crippen MR) is 87.3 cm³/mol. The van der Waals surface area contributed by atoms with Gasteiger partial charge in [0.1, 0.15) is 0 Å². The highest BCUT2D eigenvalue weighted by molar-refractivity contribution is 6.42. The van der Waals surface area contributed by atoms with Crippen molar-refractivity contribution in [2.24, 2.45) is 5.73 Å². The first-order valence-corrected chi connectivity index (χ1v) is 7.68. The molecule has 0 saturated heterocycles. The summed E-state index contributed by atoms with van der Waals surface area (Å²) in [6.45, 7) is 0. The molecule has 1 aliphatic carbocycles. The third-order valence-electron chi connectivity index (χ3n) is 3.54. The van der Waals surface area contributed by atoms with Gasteiger partial charge in [-0.2, -0.15) is 0 Å². The van der Waals surface area contributed by atoms with Crippen LogP contribution >= 0.6 is 46.4 Å². The van der Waals surface area contributed by atoms with Gasteiger partial charge in [-0.1, -0.05) is 52.5 Å². The largest absolute Gasteiger partial charge is 0.327 e. The number of nitrogens with two attached hydrogens (primary N) is 1. The minimum absolute atomic E-state index is 0.167. The summed E-state index contributed by atoms with van der Waals surface area (Å²) in [4.78, 5) is 0. The van der Waals surface area contributed by atoms with Crippen molar-refractivity contribution in [3.05, 3.63) is 56.0 Å². The quantitative estimate of drug-likeness (QED) is 0.732. The molecule has 2 aromatic carbocycles. The summed E-state index contributed by atoms with van der Waals surface area (Å²) in [7, 11) is 0. The van der Waals surface area contributed by atoms with Gasteiger partial charge in [-0.25, -0.2) is 0 Å². The highest BCUT2D eigenvalue weighted by Gasteiger charge is 2.37. The summed E-state index contributed by atoms with van der Waals surface area (Å²) in [6, 6.07) is 9.40. The monoisotopic (exact) mass is 345 g/mol. The van der Waals surface area contributed by atoms with Gasteiger partial charge in [0.25, 0.3) is 0 Å². The fourth-order valence-electron chi connectivity index (χ4n) is 2.33. The maximum Gasteiger partial charge on any atom is 0.0598 e. The zero-order valence-corrected chi connectivity index (χ0v) is 13.4. The van der Waals surface area contributed by atoms with E-state index in [1.807, 2.05) is 18.2 Å². The molecular formula is C15H11Cl4N. The predicted octanol–water partition coefficient (Wildman–Crippen LogP) is 5.78. The molecule has 0 spiro atoms. The van der Waals surface area contributed by atoms with E-state index in [1.54, 1.807) is 12.1 Å². The molecule has 0 heterocycles. The molecule has 0 amide bonds. The average Bonchev–Trinajstić information content (AvgIpc) is 3.08. The van der Waals surface area contributed by atoms with Crippen molar-refractivity contribution in [3.63, 3.8) is 0 Å². The van der Waals surface area contributed by atoms with E-state index in [0.29, 0.717) is 20.1 Å². The molecule has 1 fully saturated rings. The molecule has 104 valence electrons. The molecule has 1 aliphatic rings. The molecule has 3 rings (SSSR count). The Labute approximate surface area is 137 Å². The van der Waals surface area contributed by atoms with Crippen LogP contribution in [-0.2, 0) is 0 Å². The second-order valence-corrected chi connectivity index (χ2v) is 6.62. The van der Waals surface area contributed by atoms with E-state index in [4.69, 9.17) is 52.1 Å². The van der Waals surface area contributed by atoms with Crippen LogP contribution in [0, 0.1) is 0 Å². The molecule has 5 heteroatoms. The van der Waals surface area contributed by atoms with Gasteiger partial charge >= 0.3 is 0 Å². The first kappa shape index (κ1) is 14.5. The van der Waals surface area contributed by atoms with Crippen LogP contribution < -0.4 is 5.73 Å². The lowest BCUT2D eigenvalue weighted by atomic mass is 10.0. The van der Waals surface area contributed by atoms with Crippen LogP contribution in [0.25, 0.3) is 11.1 Å². The fourth-order valence-corrected chi connectivity index (χ4v) is 3.39. The zero-order valence-electron chi connectivity index (χ0n) is 10.3. The molecule has 20 heavy (non-hydrogen) atoms. The van der Waals surface area contributed by atoms with Crippen molar-refractivity contribution in [1.29, 1.82) is 0 Å². The molecular weight excluding hydrogens is 336 g/mol. The van der Waals surface area contributed by atoms with E-state index in [0.717, 1.165) is 23.1 Å². The summed E-state index contributed by atoms with van der Waals surface area (Å²) in [5.74, 6) is 0.276. The summed E-state index contributed by atoms with van der Waals surface area (Å²) < 4.78 is 0. The van der Waals surface area contributed by atoms with E-state index < -0.39 is 0 Å². The smallest absolute Gasteiger partial charge is 0.0598 e. The number of benzene rings is 2. The van der Waals surface area contributed by atoms with Crippen LogP contribution in [0.3, 0.4) is 0 Å².